The van der Waals surface area contributed by atoms with Crippen molar-refractivity contribution in [2.75, 3.05) is 0 Å². The maximum absolute atomic E-state index is 3.80. The molecule has 0 aromatic rings. The molecule has 0 radical (unpaired) electrons. The van der Waals surface area contributed by atoms with Gasteiger partial charge in [0.1, 0.15) is 0 Å². The van der Waals surface area contributed by atoms with Gasteiger partial charge in [-0.3, -0.25) is 0 Å². The zero-order valence-electron chi connectivity index (χ0n) is 10.5. The van der Waals surface area contributed by atoms with Crippen molar-refractivity contribution in [3.05, 3.63) is 73.3 Å². The summed E-state index contributed by atoms with van der Waals surface area (Å²) in [6.45, 7) is 13.6. The van der Waals surface area contributed by atoms with Crippen LogP contribution in [0, 0.1) is 0 Å². The average molecular weight is 215 g/mol. The summed E-state index contributed by atoms with van der Waals surface area (Å²) >= 11 is 0. The van der Waals surface area contributed by atoms with Crippen LogP contribution in [0.3, 0.4) is 0 Å². The third-order valence-electron chi connectivity index (χ3n) is 2.01. The third-order valence-corrected chi connectivity index (χ3v) is 2.01. The van der Waals surface area contributed by atoms with E-state index < -0.39 is 0 Å². The van der Waals surface area contributed by atoms with E-state index in [9.17, 15) is 0 Å². The number of hydrogen-bond donors (Lipinski definition) is 0. The fourth-order valence-corrected chi connectivity index (χ4v) is 1.20. The van der Waals surface area contributed by atoms with Crippen molar-refractivity contribution in [3.8, 4) is 0 Å². The highest BCUT2D eigenvalue weighted by molar-refractivity contribution is 5.33. The molecule has 1 heterocycles. The molecule has 0 saturated carbocycles. The highest BCUT2D eigenvalue weighted by Crippen LogP contribution is 2.14. The monoisotopic (exact) mass is 215 g/mol. The minimum absolute atomic E-state index is 1.05. The fraction of sp³-hybridized carbons (Fsp3) is 0.200. The van der Waals surface area contributed by atoms with Crippen LogP contribution in [0.2, 0.25) is 0 Å². The molecule has 86 valence electrons. The molecule has 16 heavy (non-hydrogen) atoms. The lowest BCUT2D eigenvalue weighted by Crippen LogP contribution is -2.08. The summed E-state index contributed by atoms with van der Waals surface area (Å²) in [4.78, 5) is 2.02. The van der Waals surface area contributed by atoms with Gasteiger partial charge in [-0.05, 0) is 30.7 Å². The minimum atomic E-state index is 1.05. The topological polar surface area (TPSA) is 3.24 Å². The average Bonchev–Trinajstić information content (AvgIpc) is 2.61. The van der Waals surface area contributed by atoms with Gasteiger partial charge in [0.25, 0.3) is 0 Å². The van der Waals surface area contributed by atoms with Crippen LogP contribution in [0.4, 0.5) is 0 Å². The zero-order valence-corrected chi connectivity index (χ0v) is 10.5. The van der Waals surface area contributed by atoms with Crippen LogP contribution in [-0.4, -0.2) is 4.90 Å². The van der Waals surface area contributed by atoms with E-state index in [4.69, 9.17) is 0 Å². The van der Waals surface area contributed by atoms with Gasteiger partial charge in [0.2, 0.25) is 0 Å². The largest absolute Gasteiger partial charge is 0.324 e. The van der Waals surface area contributed by atoms with Crippen molar-refractivity contribution in [1.82, 2.24) is 4.90 Å². The van der Waals surface area contributed by atoms with Gasteiger partial charge in [0.15, 0.2) is 0 Å². The lowest BCUT2D eigenvalue weighted by atomic mass is 10.2. The summed E-state index contributed by atoms with van der Waals surface area (Å²) in [5, 5.41) is 0. The lowest BCUT2D eigenvalue weighted by molar-refractivity contribution is 0.646. The Morgan fingerprint density at radius 1 is 0.938 bits per heavy atom. The van der Waals surface area contributed by atoms with Gasteiger partial charge in [-0.2, -0.15) is 0 Å². The van der Waals surface area contributed by atoms with Crippen molar-refractivity contribution in [2.24, 2.45) is 0 Å². The molecule has 0 bridgehead atoms. The standard InChI is InChI=1S/C13H15N.C2H6/c1-4-12(3)13(5-2)14-10-8-6-7-9-11-14;1-2/h4-11H,1-2H2,3H3;1-2H3/b13-12+;. The molecule has 0 N–H and O–H groups in total. The molecule has 1 nitrogen and oxygen atoms in total. The van der Waals surface area contributed by atoms with Gasteiger partial charge in [-0.1, -0.05) is 45.2 Å². The van der Waals surface area contributed by atoms with Crippen LogP contribution in [0.15, 0.2) is 73.3 Å². The molecule has 1 rings (SSSR count). The number of hydrogen-bond acceptors (Lipinski definition) is 1. The van der Waals surface area contributed by atoms with Crippen LogP contribution < -0.4 is 0 Å². The van der Waals surface area contributed by atoms with Gasteiger partial charge < -0.3 is 4.90 Å². The first-order valence-electron chi connectivity index (χ1n) is 5.55. The molecular weight excluding hydrogens is 194 g/mol. The Balaban J connectivity index is 0.00000106. The Hall–Kier alpha value is -1.76. The summed E-state index contributed by atoms with van der Waals surface area (Å²) < 4.78 is 0. The molecule has 0 atom stereocenters. The van der Waals surface area contributed by atoms with Crippen LogP contribution in [0.25, 0.3) is 0 Å². The Bertz CT molecular complexity index is 324. The van der Waals surface area contributed by atoms with E-state index in [-0.39, 0.29) is 0 Å². The lowest BCUT2D eigenvalue weighted by Gasteiger charge is -2.17. The molecule has 0 aromatic heterocycles. The van der Waals surface area contributed by atoms with Crippen LogP contribution >= 0.6 is 0 Å². The highest BCUT2D eigenvalue weighted by atomic mass is 15.1. The normalized spacial score (nSPS) is 14.6. The smallest absolute Gasteiger partial charge is 0.0472 e. The van der Waals surface area contributed by atoms with Gasteiger partial charge in [0.05, 0.1) is 0 Å². The number of allylic oxidation sites excluding steroid dienone is 7. The molecule has 0 amide bonds. The summed E-state index contributed by atoms with van der Waals surface area (Å²) in [5.74, 6) is 0. The molecule has 0 aromatic carbocycles. The Labute approximate surface area is 99.5 Å². The first kappa shape index (κ1) is 14.2. The second-order valence-electron chi connectivity index (χ2n) is 2.95. The minimum Gasteiger partial charge on any atom is -0.324 e. The van der Waals surface area contributed by atoms with Crippen molar-refractivity contribution in [2.45, 2.75) is 20.8 Å². The first-order chi connectivity index (χ1) is 7.79. The van der Waals surface area contributed by atoms with Crippen molar-refractivity contribution in [1.29, 1.82) is 0 Å². The quantitative estimate of drug-likeness (QED) is 0.624. The molecule has 0 aliphatic carbocycles. The Kier molecular flexibility index (Phi) is 7.60. The molecule has 1 heteroatoms. The van der Waals surface area contributed by atoms with Crippen LogP contribution in [-0.2, 0) is 0 Å². The van der Waals surface area contributed by atoms with Gasteiger partial charge in [-0.25, -0.2) is 0 Å². The van der Waals surface area contributed by atoms with Crippen molar-refractivity contribution in [3.63, 3.8) is 0 Å². The zero-order chi connectivity index (χ0) is 12.4. The molecule has 1 aliphatic rings. The van der Waals surface area contributed by atoms with E-state index in [1.165, 1.54) is 0 Å². The first-order valence-corrected chi connectivity index (χ1v) is 5.55. The maximum atomic E-state index is 3.80. The Morgan fingerprint density at radius 3 is 1.81 bits per heavy atom. The van der Waals surface area contributed by atoms with Crippen LogP contribution in [0.1, 0.15) is 20.8 Å². The molecular formula is C15H21N. The van der Waals surface area contributed by atoms with Gasteiger partial charge >= 0.3 is 0 Å². The predicted octanol–water partition coefficient (Wildman–Crippen LogP) is 4.56. The van der Waals surface area contributed by atoms with Gasteiger partial charge in [0, 0.05) is 18.1 Å². The SMILES string of the molecule is C=C/C(C)=C(\C=C)N1C=CC=CC=C1.CC. The van der Waals surface area contributed by atoms with E-state index in [1.54, 1.807) is 0 Å². The number of nitrogens with zero attached hydrogens (tertiary/aromatic N) is 1. The summed E-state index contributed by atoms with van der Waals surface area (Å²) in [5.41, 5.74) is 2.16. The summed E-state index contributed by atoms with van der Waals surface area (Å²) in [6, 6.07) is 0. The van der Waals surface area contributed by atoms with Crippen molar-refractivity contribution >= 4 is 0 Å². The Morgan fingerprint density at radius 2 is 1.44 bits per heavy atom. The summed E-state index contributed by atoms with van der Waals surface area (Å²) in [6.07, 6.45) is 15.6. The third kappa shape index (κ3) is 4.18. The van der Waals surface area contributed by atoms with E-state index in [1.807, 2.05) is 74.5 Å². The number of rotatable bonds is 3. The van der Waals surface area contributed by atoms with E-state index in [0.717, 1.165) is 11.3 Å². The van der Waals surface area contributed by atoms with Crippen molar-refractivity contribution < 1.29 is 0 Å². The molecule has 0 spiro atoms. The second-order valence-corrected chi connectivity index (χ2v) is 2.95. The van der Waals surface area contributed by atoms with Crippen LogP contribution in [0.5, 0.6) is 0 Å². The fourth-order valence-electron chi connectivity index (χ4n) is 1.20. The predicted molar refractivity (Wildman–Crippen MR) is 73.7 cm³/mol. The molecule has 0 saturated heterocycles. The molecule has 0 unspecified atom stereocenters. The molecule has 0 fully saturated rings. The highest BCUT2D eigenvalue weighted by Gasteiger charge is 2.02. The van der Waals surface area contributed by atoms with Gasteiger partial charge in [-0.15, -0.1) is 0 Å². The van der Waals surface area contributed by atoms with E-state index in [0.29, 0.717) is 0 Å². The van der Waals surface area contributed by atoms with E-state index in [2.05, 4.69) is 13.2 Å². The maximum Gasteiger partial charge on any atom is 0.0472 e. The second kappa shape index (κ2) is 8.54. The van der Waals surface area contributed by atoms with E-state index >= 15 is 0 Å². The summed E-state index contributed by atoms with van der Waals surface area (Å²) in [7, 11) is 0. The molecule has 1 aliphatic heterocycles.